The molecule has 6 nitrogen and oxygen atoms in total. The Bertz CT molecular complexity index is 826. The highest BCUT2D eigenvalue weighted by molar-refractivity contribution is 8.27. The molecule has 0 radical (unpaired) electrons. The van der Waals surface area contributed by atoms with Gasteiger partial charge in [-0.05, 0) is 29.0 Å². The Hall–Kier alpha value is -1.45. The smallest absolute Gasteiger partial charge is 0.208 e. The summed E-state index contributed by atoms with van der Waals surface area (Å²) in [5.41, 5.74) is 0.388. The van der Waals surface area contributed by atoms with E-state index in [4.69, 9.17) is 9.47 Å². The van der Waals surface area contributed by atoms with Crippen LogP contribution in [-0.2, 0) is 9.53 Å². The highest BCUT2D eigenvalue weighted by Crippen LogP contribution is 2.43. The molecule has 1 fully saturated rings. The van der Waals surface area contributed by atoms with Crippen LogP contribution in [-0.4, -0.2) is 60.5 Å². The fourth-order valence-corrected chi connectivity index (χ4v) is 5.11. The number of ketones is 2. The molecule has 3 aliphatic heterocycles. The number of nitrogens with zero attached hydrogens (tertiary/aromatic N) is 1. The predicted octanol–water partition coefficient (Wildman–Crippen LogP) is 3.21. The van der Waals surface area contributed by atoms with E-state index < -0.39 is 11.9 Å². The minimum absolute atomic E-state index is 0. The van der Waals surface area contributed by atoms with E-state index in [1.807, 2.05) is 10.8 Å². The Labute approximate surface area is 177 Å². The molecule has 1 unspecified atom stereocenters. The number of phenols is 1. The zero-order valence-corrected chi connectivity index (χ0v) is 17.4. The monoisotopic (exact) mass is 441 g/mol. The van der Waals surface area contributed by atoms with Gasteiger partial charge in [-0.1, -0.05) is 23.5 Å². The minimum Gasteiger partial charge on any atom is -0.508 e. The van der Waals surface area contributed by atoms with E-state index in [0.29, 0.717) is 36.2 Å². The Morgan fingerprint density at radius 1 is 1.14 bits per heavy atom. The molecule has 1 N–H and O–H groups in total. The van der Waals surface area contributed by atoms with Crippen LogP contribution in [0.1, 0.15) is 16.8 Å². The summed E-state index contributed by atoms with van der Waals surface area (Å²) in [6.45, 7) is 3.73. The van der Waals surface area contributed by atoms with E-state index in [0.717, 1.165) is 13.1 Å². The van der Waals surface area contributed by atoms with Crippen LogP contribution in [0, 0.1) is 0 Å². The van der Waals surface area contributed by atoms with Crippen molar-refractivity contribution in [3.8, 4) is 11.5 Å². The van der Waals surface area contributed by atoms with Crippen LogP contribution in [0.2, 0.25) is 0 Å². The number of rotatable bonds is 3. The number of halogens is 1. The van der Waals surface area contributed by atoms with Crippen LogP contribution in [0.15, 0.2) is 38.8 Å². The maximum atomic E-state index is 13.2. The molecule has 1 saturated heterocycles. The van der Waals surface area contributed by atoms with Crippen molar-refractivity contribution in [2.24, 2.45) is 0 Å². The summed E-state index contributed by atoms with van der Waals surface area (Å²) in [7, 11) is 0. The van der Waals surface area contributed by atoms with E-state index in [9.17, 15) is 14.7 Å². The van der Waals surface area contributed by atoms with E-state index in [-0.39, 0.29) is 35.1 Å². The van der Waals surface area contributed by atoms with E-state index in [2.05, 4.69) is 4.90 Å². The molecule has 9 heteroatoms. The zero-order valence-electron chi connectivity index (χ0n) is 15.0. The molecular formula is C19H20ClNO5S2. The number of fused-ring (bicyclic) bond motifs is 1. The van der Waals surface area contributed by atoms with Gasteiger partial charge in [0.15, 0.2) is 6.10 Å². The number of benzene rings is 1. The standard InChI is InChI=1S/C19H19NO5S2.ClH/c21-12-1-2-14-13(11-12)17(22)16(19-26-9-10-27-19)18(23)15(25-14)3-4-20-5-7-24-8-6-20;/h1-2,9-11,15,21H,3-8H2;1H. The molecule has 3 heterocycles. The first-order valence-corrected chi connectivity index (χ1v) is 10.5. The van der Waals surface area contributed by atoms with Crippen LogP contribution in [0.4, 0.5) is 0 Å². The summed E-state index contributed by atoms with van der Waals surface area (Å²) >= 11 is 2.74. The summed E-state index contributed by atoms with van der Waals surface area (Å²) in [6.07, 6.45) is -0.238. The van der Waals surface area contributed by atoms with Gasteiger partial charge < -0.3 is 14.6 Å². The fraction of sp³-hybridized carbons (Fsp3) is 0.368. The quantitative estimate of drug-likeness (QED) is 0.566. The molecule has 3 aliphatic rings. The fourth-order valence-electron chi connectivity index (χ4n) is 3.25. The number of carbonyl (C=O) groups excluding carboxylic acids is 2. The van der Waals surface area contributed by atoms with Crippen LogP contribution >= 0.6 is 35.9 Å². The van der Waals surface area contributed by atoms with Crippen molar-refractivity contribution >= 4 is 47.5 Å². The molecule has 1 aromatic carbocycles. The van der Waals surface area contributed by atoms with Crippen molar-refractivity contribution < 1.29 is 24.2 Å². The summed E-state index contributed by atoms with van der Waals surface area (Å²) < 4.78 is 12.0. The Kier molecular flexibility index (Phi) is 7.11. The summed E-state index contributed by atoms with van der Waals surface area (Å²) in [5.74, 6) is -0.366. The molecule has 0 spiro atoms. The molecular weight excluding hydrogens is 422 g/mol. The van der Waals surface area contributed by atoms with Crippen molar-refractivity contribution in [3.05, 3.63) is 44.4 Å². The summed E-state index contributed by atoms with van der Waals surface area (Å²) in [6, 6.07) is 4.39. The number of phenolic OH excluding ortho intramolecular Hbond substituents is 1. The average Bonchev–Trinajstić information content (AvgIpc) is 3.18. The molecule has 4 rings (SSSR count). The third kappa shape index (κ3) is 4.41. The molecule has 0 aliphatic carbocycles. The van der Waals surface area contributed by atoms with E-state index in [1.165, 1.54) is 35.7 Å². The lowest BCUT2D eigenvalue weighted by Gasteiger charge is -2.28. The number of hydrogen-bond acceptors (Lipinski definition) is 8. The molecule has 0 bridgehead atoms. The lowest BCUT2D eigenvalue weighted by molar-refractivity contribution is -0.122. The molecule has 0 aromatic heterocycles. The largest absolute Gasteiger partial charge is 0.508 e. The number of aromatic hydroxyl groups is 1. The maximum Gasteiger partial charge on any atom is 0.208 e. The Balaban J connectivity index is 0.00000225. The zero-order chi connectivity index (χ0) is 18.8. The second-order valence-corrected chi connectivity index (χ2v) is 8.48. The van der Waals surface area contributed by atoms with Crippen molar-refractivity contribution in [2.75, 3.05) is 32.8 Å². The number of carbonyl (C=O) groups is 2. The van der Waals surface area contributed by atoms with Gasteiger partial charge in [0.1, 0.15) is 11.5 Å². The Morgan fingerprint density at radius 2 is 1.86 bits per heavy atom. The van der Waals surface area contributed by atoms with Crippen molar-refractivity contribution in [1.82, 2.24) is 4.90 Å². The number of thioether (sulfide) groups is 2. The average molecular weight is 442 g/mol. The third-order valence-electron chi connectivity index (χ3n) is 4.66. The first-order chi connectivity index (χ1) is 13.1. The van der Waals surface area contributed by atoms with Crippen molar-refractivity contribution in [2.45, 2.75) is 12.5 Å². The lowest BCUT2D eigenvalue weighted by atomic mass is 9.98. The normalized spacial score (nSPS) is 22.5. The highest BCUT2D eigenvalue weighted by Gasteiger charge is 2.37. The summed E-state index contributed by atoms with van der Waals surface area (Å²) in [4.78, 5) is 28.5. The van der Waals surface area contributed by atoms with E-state index >= 15 is 0 Å². The molecule has 0 saturated carbocycles. The second-order valence-electron chi connectivity index (χ2n) is 6.39. The van der Waals surface area contributed by atoms with Gasteiger partial charge in [-0.2, -0.15) is 0 Å². The Morgan fingerprint density at radius 3 is 2.57 bits per heavy atom. The van der Waals surface area contributed by atoms with Gasteiger partial charge in [0.25, 0.3) is 0 Å². The van der Waals surface area contributed by atoms with Crippen LogP contribution in [0.5, 0.6) is 11.5 Å². The van der Waals surface area contributed by atoms with Crippen molar-refractivity contribution in [3.63, 3.8) is 0 Å². The lowest BCUT2D eigenvalue weighted by Crippen LogP contribution is -2.40. The van der Waals surface area contributed by atoms with E-state index in [1.54, 1.807) is 6.07 Å². The number of hydrogen-bond donors (Lipinski definition) is 1. The van der Waals surface area contributed by atoms with Gasteiger partial charge in [-0.3, -0.25) is 14.5 Å². The topological polar surface area (TPSA) is 76.1 Å². The van der Waals surface area contributed by atoms with Crippen molar-refractivity contribution in [1.29, 1.82) is 0 Å². The minimum atomic E-state index is -0.730. The molecule has 1 atom stereocenters. The maximum absolute atomic E-state index is 13.2. The first kappa shape index (κ1) is 21.3. The number of morpholine rings is 1. The van der Waals surface area contributed by atoms with Gasteiger partial charge in [-0.25, -0.2) is 0 Å². The number of ether oxygens (including phenoxy) is 2. The van der Waals surface area contributed by atoms with Crippen LogP contribution < -0.4 is 4.74 Å². The second kappa shape index (κ2) is 9.37. The summed E-state index contributed by atoms with van der Waals surface area (Å²) in [5, 5.41) is 13.5. The molecule has 28 heavy (non-hydrogen) atoms. The SMILES string of the molecule is Cl.O=C1C(=C2SC=CS2)C(=O)C(CCN2CCOCC2)Oc2ccc(O)cc21. The number of Topliss-reactive ketones (excluding diaryl/α,β-unsaturated/α-hetero) is 2. The van der Waals surface area contributed by atoms with Crippen LogP contribution in [0.25, 0.3) is 0 Å². The molecule has 0 amide bonds. The third-order valence-corrected chi connectivity index (χ3v) is 6.79. The van der Waals surface area contributed by atoms with Gasteiger partial charge in [0.05, 0.1) is 28.6 Å². The molecule has 1 aromatic rings. The van der Waals surface area contributed by atoms with Gasteiger partial charge in [0.2, 0.25) is 11.6 Å². The van der Waals surface area contributed by atoms with Gasteiger partial charge >= 0.3 is 0 Å². The van der Waals surface area contributed by atoms with Crippen LogP contribution in [0.3, 0.4) is 0 Å². The predicted molar refractivity (Wildman–Crippen MR) is 112 cm³/mol. The highest BCUT2D eigenvalue weighted by atomic mass is 35.5. The molecule has 150 valence electrons. The van der Waals surface area contributed by atoms with Gasteiger partial charge in [0, 0.05) is 26.1 Å². The first-order valence-electron chi connectivity index (χ1n) is 8.75. The van der Waals surface area contributed by atoms with Gasteiger partial charge in [-0.15, -0.1) is 12.4 Å².